The van der Waals surface area contributed by atoms with Gasteiger partial charge in [0.05, 0.1) is 15.4 Å². The molecule has 1 aromatic carbocycles. The summed E-state index contributed by atoms with van der Waals surface area (Å²) < 4.78 is 40.8. The van der Waals surface area contributed by atoms with Crippen molar-refractivity contribution in [2.45, 2.75) is 44.3 Å². The summed E-state index contributed by atoms with van der Waals surface area (Å²) in [7, 11) is -3.38. The van der Waals surface area contributed by atoms with E-state index in [-0.39, 0.29) is 9.72 Å². The number of benzene rings is 1. The maximum Gasteiger partial charge on any atom is 0.235 e. The van der Waals surface area contributed by atoms with Gasteiger partial charge in [0.15, 0.2) is 0 Å². The lowest BCUT2D eigenvalue weighted by molar-refractivity contribution is 0.486. The van der Waals surface area contributed by atoms with E-state index in [9.17, 15) is 12.8 Å². The number of rotatable bonds is 3. The van der Waals surface area contributed by atoms with Gasteiger partial charge in [-0.2, -0.15) is 0 Å². The van der Waals surface area contributed by atoms with Gasteiger partial charge < -0.3 is 0 Å². The first-order valence-corrected chi connectivity index (χ1v) is 8.71. The predicted molar refractivity (Wildman–Crippen MR) is 78.3 cm³/mol. The highest BCUT2D eigenvalue weighted by Crippen LogP contribution is 2.29. The molecular formula is C13H17BrFNO2S. The Morgan fingerprint density at radius 1 is 1.26 bits per heavy atom. The Morgan fingerprint density at radius 2 is 1.89 bits per heavy atom. The second kappa shape index (κ2) is 5.79. The summed E-state index contributed by atoms with van der Waals surface area (Å²) in [4.78, 5) is 0. The third-order valence-corrected chi connectivity index (χ3v) is 5.97. The lowest BCUT2D eigenvalue weighted by Gasteiger charge is -2.23. The third kappa shape index (κ3) is 3.48. The Hall–Kier alpha value is -0.620. The third-order valence-electron chi connectivity index (χ3n) is 3.51. The molecule has 1 fully saturated rings. The van der Waals surface area contributed by atoms with Gasteiger partial charge in [0.1, 0.15) is 5.82 Å². The topological polar surface area (TPSA) is 46.2 Å². The van der Waals surface area contributed by atoms with Crippen LogP contribution in [0.3, 0.4) is 0 Å². The van der Waals surface area contributed by atoms with E-state index in [0.29, 0.717) is 24.1 Å². The summed E-state index contributed by atoms with van der Waals surface area (Å²) in [5, 5.41) is -0.329. The molecule has 1 N–H and O–H groups in total. The molecule has 0 atom stereocenters. The van der Waals surface area contributed by atoms with Gasteiger partial charge >= 0.3 is 0 Å². The fraction of sp³-hybridized carbons (Fsp3) is 0.538. The quantitative estimate of drug-likeness (QED) is 0.897. The molecular weight excluding hydrogens is 333 g/mol. The molecule has 0 saturated heterocycles. The number of anilines is 1. The van der Waals surface area contributed by atoms with Gasteiger partial charge in [0.25, 0.3) is 0 Å². The minimum Gasteiger partial charge on any atom is -0.283 e. The van der Waals surface area contributed by atoms with Crippen molar-refractivity contribution in [2.24, 2.45) is 0 Å². The first-order chi connectivity index (χ1) is 8.90. The molecule has 0 bridgehead atoms. The Balaban J connectivity index is 2.22. The van der Waals surface area contributed by atoms with Crippen molar-refractivity contribution in [1.82, 2.24) is 0 Å². The van der Waals surface area contributed by atoms with Gasteiger partial charge in [0.2, 0.25) is 10.0 Å². The van der Waals surface area contributed by atoms with Crippen LogP contribution in [0.2, 0.25) is 0 Å². The van der Waals surface area contributed by atoms with Crippen molar-refractivity contribution >= 4 is 31.6 Å². The van der Waals surface area contributed by atoms with Gasteiger partial charge in [-0.15, -0.1) is 0 Å². The van der Waals surface area contributed by atoms with Crippen LogP contribution >= 0.6 is 15.9 Å². The van der Waals surface area contributed by atoms with Gasteiger partial charge in [-0.05, 0) is 53.4 Å². The summed E-state index contributed by atoms with van der Waals surface area (Å²) in [5.41, 5.74) is 1.03. The van der Waals surface area contributed by atoms with E-state index in [1.54, 1.807) is 6.92 Å². The molecule has 1 saturated carbocycles. The van der Waals surface area contributed by atoms with Crippen LogP contribution < -0.4 is 4.72 Å². The summed E-state index contributed by atoms with van der Waals surface area (Å²) in [6.45, 7) is 1.69. The van der Waals surface area contributed by atoms with Crippen LogP contribution in [0, 0.1) is 12.7 Å². The van der Waals surface area contributed by atoms with Crippen LogP contribution in [-0.2, 0) is 10.0 Å². The fourth-order valence-electron chi connectivity index (χ4n) is 2.37. The second-order valence-electron chi connectivity index (χ2n) is 4.99. The molecule has 0 heterocycles. The van der Waals surface area contributed by atoms with E-state index < -0.39 is 15.8 Å². The smallest absolute Gasteiger partial charge is 0.235 e. The number of aryl methyl sites for hydroxylation is 1. The van der Waals surface area contributed by atoms with Crippen LogP contribution in [0.1, 0.15) is 37.7 Å². The minimum absolute atomic E-state index is 0.263. The van der Waals surface area contributed by atoms with Crippen molar-refractivity contribution in [3.05, 3.63) is 28.0 Å². The van der Waals surface area contributed by atoms with Crippen LogP contribution in [0.15, 0.2) is 16.6 Å². The molecule has 3 nitrogen and oxygen atoms in total. The van der Waals surface area contributed by atoms with Crippen LogP contribution in [0.5, 0.6) is 0 Å². The Morgan fingerprint density at radius 3 is 2.53 bits per heavy atom. The van der Waals surface area contributed by atoms with Crippen LogP contribution in [0.4, 0.5) is 10.1 Å². The molecule has 0 amide bonds. The molecule has 0 aromatic heterocycles. The summed E-state index contributed by atoms with van der Waals surface area (Å²) in [6, 6.07) is 2.80. The van der Waals surface area contributed by atoms with Crippen LogP contribution in [-0.4, -0.2) is 13.7 Å². The number of halogens is 2. The normalized spacial score (nSPS) is 17.4. The molecule has 19 heavy (non-hydrogen) atoms. The molecule has 2 rings (SSSR count). The van der Waals surface area contributed by atoms with Gasteiger partial charge in [-0.25, -0.2) is 12.8 Å². The zero-order chi connectivity index (χ0) is 14.0. The standard InChI is InChI=1S/C13H17BrFNO2S/c1-9-7-12(15)11(14)8-13(9)16-19(17,18)10-5-3-2-4-6-10/h7-8,10,16H,2-6H2,1H3. The minimum atomic E-state index is -3.38. The Bertz CT molecular complexity index is 568. The molecule has 1 aromatic rings. The Labute approximate surface area is 121 Å². The van der Waals surface area contributed by atoms with Crippen molar-refractivity contribution in [3.63, 3.8) is 0 Å². The highest BCUT2D eigenvalue weighted by molar-refractivity contribution is 9.10. The molecule has 0 spiro atoms. The number of hydrogen-bond acceptors (Lipinski definition) is 2. The monoisotopic (exact) mass is 349 g/mol. The molecule has 6 heteroatoms. The van der Waals surface area contributed by atoms with E-state index in [2.05, 4.69) is 20.7 Å². The number of hydrogen-bond donors (Lipinski definition) is 1. The highest BCUT2D eigenvalue weighted by atomic mass is 79.9. The molecule has 106 valence electrons. The van der Waals surface area contributed by atoms with Gasteiger partial charge in [0, 0.05) is 0 Å². The van der Waals surface area contributed by atoms with Gasteiger partial charge in [-0.3, -0.25) is 4.72 Å². The lowest BCUT2D eigenvalue weighted by Crippen LogP contribution is -2.30. The average molecular weight is 350 g/mol. The van der Waals surface area contributed by atoms with Crippen molar-refractivity contribution in [3.8, 4) is 0 Å². The SMILES string of the molecule is Cc1cc(F)c(Br)cc1NS(=O)(=O)C1CCCCC1. The molecule has 0 radical (unpaired) electrons. The number of nitrogens with one attached hydrogen (secondary N) is 1. The van der Waals surface area contributed by atoms with Gasteiger partial charge in [-0.1, -0.05) is 19.3 Å². The van der Waals surface area contributed by atoms with E-state index in [1.165, 1.54) is 12.1 Å². The fourth-order valence-corrected chi connectivity index (χ4v) is 4.36. The first kappa shape index (κ1) is 14.8. The predicted octanol–water partition coefficient (Wildman–Crippen LogP) is 3.97. The van der Waals surface area contributed by atoms with E-state index >= 15 is 0 Å². The van der Waals surface area contributed by atoms with Crippen molar-refractivity contribution in [1.29, 1.82) is 0 Å². The second-order valence-corrected chi connectivity index (χ2v) is 7.80. The van der Waals surface area contributed by atoms with E-state index in [0.717, 1.165) is 19.3 Å². The zero-order valence-electron chi connectivity index (χ0n) is 10.7. The molecule has 0 unspecified atom stereocenters. The maximum absolute atomic E-state index is 13.3. The summed E-state index contributed by atoms with van der Waals surface area (Å²) >= 11 is 3.07. The van der Waals surface area contributed by atoms with Crippen molar-refractivity contribution < 1.29 is 12.8 Å². The average Bonchev–Trinajstić information content (AvgIpc) is 2.37. The Kier molecular flexibility index (Phi) is 4.50. The number of sulfonamides is 1. The molecule has 1 aliphatic carbocycles. The maximum atomic E-state index is 13.3. The van der Waals surface area contributed by atoms with Crippen molar-refractivity contribution in [2.75, 3.05) is 4.72 Å². The van der Waals surface area contributed by atoms with E-state index in [4.69, 9.17) is 0 Å². The first-order valence-electron chi connectivity index (χ1n) is 6.37. The molecule has 1 aliphatic rings. The lowest BCUT2D eigenvalue weighted by atomic mass is 10.0. The summed E-state index contributed by atoms with van der Waals surface area (Å²) in [6.07, 6.45) is 4.43. The van der Waals surface area contributed by atoms with E-state index in [1.807, 2.05) is 0 Å². The summed E-state index contributed by atoms with van der Waals surface area (Å²) in [5.74, 6) is -0.391. The van der Waals surface area contributed by atoms with Crippen LogP contribution in [0.25, 0.3) is 0 Å². The zero-order valence-corrected chi connectivity index (χ0v) is 13.2. The molecule has 0 aliphatic heterocycles. The largest absolute Gasteiger partial charge is 0.283 e. The highest BCUT2D eigenvalue weighted by Gasteiger charge is 2.27.